The largest absolute Gasteiger partial charge is 0.493 e. The van der Waals surface area contributed by atoms with Crippen molar-refractivity contribution in [3.8, 4) is 17.2 Å². The number of anilines is 1. The fraction of sp³-hybridized carbons (Fsp3) is 0.760. The van der Waals surface area contributed by atoms with Gasteiger partial charge in [0.05, 0.1) is 21.3 Å². The summed E-state index contributed by atoms with van der Waals surface area (Å²) >= 11 is 0. The van der Waals surface area contributed by atoms with Crippen LogP contribution in [0.25, 0.3) is 0 Å². The Morgan fingerprint density at radius 1 is 0.839 bits per heavy atom. The van der Waals surface area contributed by atoms with Crippen molar-refractivity contribution < 1.29 is 19.0 Å². The predicted octanol–water partition coefficient (Wildman–Crippen LogP) is 6.01. The summed E-state index contributed by atoms with van der Waals surface area (Å²) in [5.74, 6) is 2.35. The summed E-state index contributed by atoms with van der Waals surface area (Å²) in [4.78, 5) is 6.88. The van der Waals surface area contributed by atoms with Gasteiger partial charge < -0.3 is 19.5 Å². The summed E-state index contributed by atoms with van der Waals surface area (Å²) in [5.41, 5.74) is 0.898. The van der Waals surface area contributed by atoms with Gasteiger partial charge in [-0.2, -0.15) is 5.06 Å². The smallest absolute Gasteiger partial charge is 0.203 e. The summed E-state index contributed by atoms with van der Waals surface area (Å²) in [6, 6.07) is 3.93. The third-order valence-corrected chi connectivity index (χ3v) is 6.95. The number of hydrogen-bond donors (Lipinski definition) is 1. The topological polar surface area (TPSA) is 52.2 Å². The van der Waals surface area contributed by atoms with Gasteiger partial charge in [-0.15, -0.1) is 0 Å². The quantitative estimate of drug-likeness (QED) is 0.506. The molecule has 0 spiro atoms. The summed E-state index contributed by atoms with van der Waals surface area (Å²) < 4.78 is 16.6. The second-order valence-electron chi connectivity index (χ2n) is 10.3. The van der Waals surface area contributed by atoms with Gasteiger partial charge in [-0.1, -0.05) is 19.3 Å². The second-order valence-corrected chi connectivity index (χ2v) is 10.3. The number of rotatable bonds is 8. The minimum absolute atomic E-state index is 0.00830. The van der Waals surface area contributed by atoms with E-state index < -0.39 is 0 Å². The van der Waals surface area contributed by atoms with Crippen molar-refractivity contribution in [3.05, 3.63) is 12.1 Å². The zero-order valence-electron chi connectivity index (χ0n) is 20.5. The van der Waals surface area contributed by atoms with Crippen molar-refractivity contribution in [2.75, 3.05) is 26.6 Å². The zero-order chi connectivity index (χ0) is 22.6. The molecule has 0 amide bonds. The van der Waals surface area contributed by atoms with Crippen LogP contribution < -0.4 is 19.5 Å². The van der Waals surface area contributed by atoms with Gasteiger partial charge in [-0.05, 0) is 59.8 Å². The van der Waals surface area contributed by atoms with E-state index in [1.54, 1.807) is 21.3 Å². The molecule has 3 rings (SSSR count). The number of nitrogens with zero attached hydrogens (tertiary/aromatic N) is 1. The summed E-state index contributed by atoms with van der Waals surface area (Å²) in [6.45, 7) is 9.19. The molecular formula is C25H42N2O4. The molecular weight excluding hydrogens is 392 g/mol. The minimum atomic E-state index is -0.111. The molecule has 2 fully saturated rings. The van der Waals surface area contributed by atoms with Gasteiger partial charge >= 0.3 is 0 Å². The van der Waals surface area contributed by atoms with Crippen molar-refractivity contribution in [2.24, 2.45) is 5.92 Å². The molecule has 0 aromatic heterocycles. The summed E-state index contributed by atoms with van der Waals surface area (Å²) in [5, 5.41) is 5.96. The van der Waals surface area contributed by atoms with Crippen molar-refractivity contribution in [1.82, 2.24) is 5.06 Å². The van der Waals surface area contributed by atoms with E-state index in [1.807, 2.05) is 12.1 Å². The molecule has 1 saturated carbocycles. The number of nitrogens with one attached hydrogen (secondary N) is 1. The van der Waals surface area contributed by atoms with Crippen LogP contribution in [0.1, 0.15) is 79.1 Å². The van der Waals surface area contributed by atoms with Gasteiger partial charge in [-0.25, -0.2) is 0 Å². The SMILES string of the molecule is COc1cc(NC(ON2C(C)(C)CCCC2(C)C)C2CCCCC2)cc(OC)c1OC. The van der Waals surface area contributed by atoms with Crippen LogP contribution in [0.2, 0.25) is 0 Å². The van der Waals surface area contributed by atoms with Crippen LogP contribution in [-0.2, 0) is 4.84 Å². The maximum atomic E-state index is 6.88. The van der Waals surface area contributed by atoms with E-state index in [2.05, 4.69) is 38.1 Å². The molecule has 6 nitrogen and oxygen atoms in total. The zero-order valence-corrected chi connectivity index (χ0v) is 20.5. The van der Waals surface area contributed by atoms with E-state index in [1.165, 1.54) is 38.5 Å². The molecule has 1 aliphatic carbocycles. The third-order valence-electron chi connectivity index (χ3n) is 6.95. The fourth-order valence-corrected chi connectivity index (χ4v) is 5.37. The summed E-state index contributed by atoms with van der Waals surface area (Å²) in [6.07, 6.45) is 9.58. The molecule has 0 radical (unpaired) electrons. The molecule has 31 heavy (non-hydrogen) atoms. The first-order chi connectivity index (χ1) is 14.7. The monoisotopic (exact) mass is 434 g/mol. The molecule has 1 saturated heterocycles. The van der Waals surface area contributed by atoms with E-state index >= 15 is 0 Å². The molecule has 1 atom stereocenters. The van der Waals surface area contributed by atoms with Crippen LogP contribution in [0.5, 0.6) is 17.2 Å². The van der Waals surface area contributed by atoms with E-state index in [-0.39, 0.29) is 17.3 Å². The number of benzene rings is 1. The molecule has 1 aromatic rings. The lowest BCUT2D eigenvalue weighted by Crippen LogP contribution is -2.60. The molecule has 176 valence electrons. The predicted molar refractivity (Wildman–Crippen MR) is 125 cm³/mol. The lowest BCUT2D eigenvalue weighted by molar-refractivity contribution is -0.308. The average Bonchev–Trinajstić information content (AvgIpc) is 2.74. The van der Waals surface area contributed by atoms with Crippen LogP contribution in [0.15, 0.2) is 12.1 Å². The normalized spacial score (nSPS) is 22.5. The first-order valence-electron chi connectivity index (χ1n) is 11.8. The van der Waals surface area contributed by atoms with Gasteiger partial charge in [0.25, 0.3) is 0 Å². The molecule has 1 unspecified atom stereocenters. The Bertz CT molecular complexity index is 687. The van der Waals surface area contributed by atoms with E-state index in [0.717, 1.165) is 18.5 Å². The minimum Gasteiger partial charge on any atom is -0.493 e. The van der Waals surface area contributed by atoms with Crippen molar-refractivity contribution in [2.45, 2.75) is 96.4 Å². The lowest BCUT2D eigenvalue weighted by Gasteiger charge is -2.53. The number of hydroxylamine groups is 2. The van der Waals surface area contributed by atoms with Crippen LogP contribution in [0, 0.1) is 5.92 Å². The maximum absolute atomic E-state index is 6.88. The fourth-order valence-electron chi connectivity index (χ4n) is 5.37. The average molecular weight is 435 g/mol. The highest BCUT2D eigenvalue weighted by Crippen LogP contribution is 2.43. The lowest BCUT2D eigenvalue weighted by atomic mass is 9.82. The highest BCUT2D eigenvalue weighted by molar-refractivity contribution is 5.62. The van der Waals surface area contributed by atoms with Gasteiger partial charge in [0.15, 0.2) is 17.7 Å². The molecule has 1 aromatic carbocycles. The van der Waals surface area contributed by atoms with Crippen LogP contribution >= 0.6 is 0 Å². The van der Waals surface area contributed by atoms with Gasteiger partial charge in [0.1, 0.15) is 0 Å². The third kappa shape index (κ3) is 5.40. The Hall–Kier alpha value is -1.66. The number of methoxy groups -OCH3 is 3. The van der Waals surface area contributed by atoms with E-state index in [9.17, 15) is 0 Å². The Kier molecular flexibility index (Phi) is 7.63. The second kappa shape index (κ2) is 9.86. The molecule has 1 heterocycles. The van der Waals surface area contributed by atoms with Crippen molar-refractivity contribution in [1.29, 1.82) is 0 Å². The number of hydrogen-bond acceptors (Lipinski definition) is 6. The van der Waals surface area contributed by atoms with Gasteiger partial charge in [-0.3, -0.25) is 4.84 Å². The summed E-state index contributed by atoms with van der Waals surface area (Å²) in [7, 11) is 4.92. The Labute approximate surface area is 188 Å². The number of piperidine rings is 1. The Morgan fingerprint density at radius 2 is 1.39 bits per heavy atom. The van der Waals surface area contributed by atoms with Gasteiger partial charge in [0, 0.05) is 34.8 Å². The highest BCUT2D eigenvalue weighted by atomic mass is 16.7. The molecule has 6 heteroatoms. The molecule has 1 N–H and O–H groups in total. The Morgan fingerprint density at radius 3 is 1.87 bits per heavy atom. The standard InChI is InChI=1S/C25H42N2O4/c1-24(2)14-11-15-25(3,4)27(24)31-23(18-12-9-8-10-13-18)26-19-16-20(28-5)22(30-7)21(17-19)29-6/h16-18,23,26H,8-15H2,1-7H3. The van der Waals surface area contributed by atoms with Gasteiger partial charge in [0.2, 0.25) is 5.75 Å². The molecule has 1 aliphatic heterocycles. The molecule has 0 bridgehead atoms. The van der Waals surface area contributed by atoms with Crippen LogP contribution in [0.4, 0.5) is 5.69 Å². The van der Waals surface area contributed by atoms with Crippen LogP contribution in [-0.4, -0.2) is 43.7 Å². The van der Waals surface area contributed by atoms with E-state index in [4.69, 9.17) is 19.0 Å². The maximum Gasteiger partial charge on any atom is 0.203 e. The van der Waals surface area contributed by atoms with Crippen molar-refractivity contribution in [3.63, 3.8) is 0 Å². The first kappa shape index (κ1) is 24.0. The highest BCUT2D eigenvalue weighted by Gasteiger charge is 2.44. The molecule has 2 aliphatic rings. The van der Waals surface area contributed by atoms with E-state index in [0.29, 0.717) is 23.2 Å². The number of ether oxygens (including phenoxy) is 3. The Balaban J connectivity index is 1.91. The van der Waals surface area contributed by atoms with Crippen LogP contribution in [0.3, 0.4) is 0 Å². The first-order valence-corrected chi connectivity index (χ1v) is 11.8. The van der Waals surface area contributed by atoms with Crippen molar-refractivity contribution >= 4 is 5.69 Å².